The molecule has 10 nitrogen and oxygen atoms in total. The average Bonchev–Trinajstić information content (AvgIpc) is 3.12. The van der Waals surface area contributed by atoms with Crippen LogP contribution in [0.25, 0.3) is 0 Å². The van der Waals surface area contributed by atoms with E-state index in [4.69, 9.17) is 5.73 Å². The number of nitrogens with one attached hydrogen (secondary N) is 3. The second-order valence-electron chi connectivity index (χ2n) is 7.58. The van der Waals surface area contributed by atoms with Crippen LogP contribution < -0.4 is 21.7 Å². The third-order valence-electron chi connectivity index (χ3n) is 5.29. The van der Waals surface area contributed by atoms with Crippen LogP contribution in [0.1, 0.15) is 39.6 Å². The molecule has 0 aromatic carbocycles. The zero-order valence-corrected chi connectivity index (χ0v) is 17.3. The van der Waals surface area contributed by atoms with Gasteiger partial charge < -0.3 is 26.6 Å². The average molecular weight is 423 g/mol. The third-order valence-corrected chi connectivity index (χ3v) is 6.39. The zero-order valence-electron chi connectivity index (χ0n) is 16.5. The summed E-state index contributed by atoms with van der Waals surface area (Å²) in [5.74, 6) is -2.62. The van der Waals surface area contributed by atoms with Gasteiger partial charge in [-0.05, 0) is 19.3 Å². The van der Waals surface area contributed by atoms with Gasteiger partial charge in [0.25, 0.3) is 5.91 Å². The van der Waals surface area contributed by atoms with E-state index in [-0.39, 0.29) is 17.7 Å². The number of nitrogens with two attached hydrogens (primary N) is 1. The summed E-state index contributed by atoms with van der Waals surface area (Å²) in [6, 6.07) is -0.992. The molecular formula is C18H26N6O4S. The van der Waals surface area contributed by atoms with Crippen LogP contribution in [0.5, 0.6) is 0 Å². The molecule has 4 amide bonds. The predicted octanol–water partition coefficient (Wildman–Crippen LogP) is -1.25. The Morgan fingerprint density at radius 1 is 1.17 bits per heavy atom. The number of amides is 4. The molecule has 0 bridgehead atoms. The van der Waals surface area contributed by atoms with Gasteiger partial charge in [0, 0.05) is 50.4 Å². The standard InChI is InChI=1S/C18H26N6O4S/c1-24(2)18(28)9-3-4-10(21-15(26)14(19)25)12(7-9)22-16(27)17-23-11-5-6-20-8-13(11)29-17/h9-10,12,20H,3-8H2,1-2H3,(H2,19,25)(H,21,26)(H,22,27)/t9-,10-,12+/m0/s1. The number of aromatic nitrogens is 1. The molecule has 2 aliphatic rings. The molecule has 158 valence electrons. The Morgan fingerprint density at radius 2 is 1.93 bits per heavy atom. The highest BCUT2D eigenvalue weighted by atomic mass is 32.1. The van der Waals surface area contributed by atoms with Gasteiger partial charge in [-0.2, -0.15) is 0 Å². The fraction of sp³-hybridized carbons (Fsp3) is 0.611. The number of hydrogen-bond donors (Lipinski definition) is 4. The van der Waals surface area contributed by atoms with Crippen molar-refractivity contribution in [3.8, 4) is 0 Å². The predicted molar refractivity (Wildman–Crippen MR) is 106 cm³/mol. The van der Waals surface area contributed by atoms with E-state index in [0.717, 1.165) is 23.5 Å². The minimum atomic E-state index is -1.08. The third kappa shape index (κ3) is 4.91. The number of nitrogens with zero attached hydrogens (tertiary/aromatic N) is 2. The maximum atomic E-state index is 12.8. The molecule has 0 radical (unpaired) electrons. The molecule has 0 unspecified atom stereocenters. The van der Waals surface area contributed by atoms with Crippen molar-refractivity contribution in [1.29, 1.82) is 0 Å². The lowest BCUT2D eigenvalue weighted by molar-refractivity contribution is -0.138. The van der Waals surface area contributed by atoms with Crippen LogP contribution in [0.15, 0.2) is 0 Å². The number of primary amides is 1. The first kappa shape index (κ1) is 21.2. The number of fused-ring (bicyclic) bond motifs is 1. The molecule has 1 aliphatic carbocycles. The number of thiazole rings is 1. The highest BCUT2D eigenvalue weighted by Gasteiger charge is 2.37. The lowest BCUT2D eigenvalue weighted by Crippen LogP contribution is -2.57. The van der Waals surface area contributed by atoms with E-state index >= 15 is 0 Å². The molecule has 29 heavy (non-hydrogen) atoms. The summed E-state index contributed by atoms with van der Waals surface area (Å²) in [6.07, 6.45) is 2.13. The SMILES string of the molecule is CN(C)C(=O)[C@H]1CC[C@H](NC(=O)C(N)=O)[C@H](NC(=O)c2nc3c(s2)CNCC3)C1. The first-order valence-corrected chi connectivity index (χ1v) is 10.4. The van der Waals surface area contributed by atoms with Crippen LogP contribution in [0.4, 0.5) is 0 Å². The molecule has 3 atom stereocenters. The molecule has 0 spiro atoms. The number of carbonyl (C=O) groups excluding carboxylic acids is 4. The molecule has 11 heteroatoms. The molecule has 5 N–H and O–H groups in total. The van der Waals surface area contributed by atoms with Gasteiger partial charge in [0.15, 0.2) is 5.01 Å². The Balaban J connectivity index is 1.74. The minimum Gasteiger partial charge on any atom is -0.361 e. The smallest absolute Gasteiger partial charge is 0.309 e. The summed E-state index contributed by atoms with van der Waals surface area (Å²) >= 11 is 1.34. The second kappa shape index (κ2) is 8.87. The monoisotopic (exact) mass is 422 g/mol. The largest absolute Gasteiger partial charge is 0.361 e. The molecule has 0 saturated heterocycles. The molecule has 3 rings (SSSR count). The summed E-state index contributed by atoms with van der Waals surface area (Å²) in [5, 5.41) is 9.11. The van der Waals surface area contributed by atoms with Gasteiger partial charge in [0.2, 0.25) is 5.91 Å². The summed E-state index contributed by atoms with van der Waals surface area (Å²) in [6.45, 7) is 1.52. The molecule has 1 saturated carbocycles. The van der Waals surface area contributed by atoms with Gasteiger partial charge in [0.1, 0.15) is 0 Å². The molecule has 1 aromatic heterocycles. The van der Waals surface area contributed by atoms with Gasteiger partial charge in [-0.15, -0.1) is 11.3 Å². The second-order valence-corrected chi connectivity index (χ2v) is 8.67. The van der Waals surface area contributed by atoms with Crippen molar-refractivity contribution < 1.29 is 19.2 Å². The summed E-state index contributed by atoms with van der Waals surface area (Å²) in [4.78, 5) is 55.2. The van der Waals surface area contributed by atoms with Gasteiger partial charge >= 0.3 is 11.8 Å². The quantitative estimate of drug-likeness (QED) is 0.446. The lowest BCUT2D eigenvalue weighted by Gasteiger charge is -2.36. The van der Waals surface area contributed by atoms with Crippen LogP contribution in [-0.2, 0) is 27.3 Å². The first-order chi connectivity index (χ1) is 13.8. The maximum absolute atomic E-state index is 12.8. The van der Waals surface area contributed by atoms with E-state index in [9.17, 15) is 19.2 Å². The Hall–Kier alpha value is -2.53. The van der Waals surface area contributed by atoms with Crippen molar-refractivity contribution in [2.75, 3.05) is 20.6 Å². The lowest BCUT2D eigenvalue weighted by atomic mass is 9.81. The van der Waals surface area contributed by atoms with E-state index in [1.165, 1.54) is 16.2 Å². The number of hydrogen-bond acceptors (Lipinski definition) is 7. The highest BCUT2D eigenvalue weighted by Crippen LogP contribution is 2.27. The van der Waals surface area contributed by atoms with Crippen LogP contribution in [-0.4, -0.2) is 66.2 Å². The van der Waals surface area contributed by atoms with Gasteiger partial charge in [-0.1, -0.05) is 0 Å². The van der Waals surface area contributed by atoms with Crippen molar-refractivity contribution in [2.45, 2.75) is 44.3 Å². The fourth-order valence-corrected chi connectivity index (χ4v) is 4.77. The number of rotatable bonds is 4. The van der Waals surface area contributed by atoms with Crippen LogP contribution in [0.2, 0.25) is 0 Å². The van der Waals surface area contributed by atoms with Crippen molar-refractivity contribution in [2.24, 2.45) is 11.7 Å². The van der Waals surface area contributed by atoms with E-state index in [2.05, 4.69) is 20.9 Å². The summed E-state index contributed by atoms with van der Waals surface area (Å²) in [7, 11) is 3.37. The topological polar surface area (TPSA) is 147 Å². The minimum absolute atomic E-state index is 0.0280. The Kier molecular flexibility index (Phi) is 6.48. The van der Waals surface area contributed by atoms with Crippen molar-refractivity contribution in [3.63, 3.8) is 0 Å². The Labute approximate surface area is 172 Å². The summed E-state index contributed by atoms with van der Waals surface area (Å²) < 4.78 is 0. The van der Waals surface area contributed by atoms with Crippen molar-refractivity contribution >= 4 is 35.0 Å². The maximum Gasteiger partial charge on any atom is 0.309 e. The molecule has 1 aromatic rings. The number of carbonyl (C=O) groups is 4. The van der Waals surface area contributed by atoms with E-state index < -0.39 is 23.9 Å². The normalized spacial score (nSPS) is 23.6. The molecule has 2 heterocycles. The first-order valence-electron chi connectivity index (χ1n) is 9.58. The van der Waals surface area contributed by atoms with Gasteiger partial charge in [-0.25, -0.2) is 4.98 Å². The molecular weight excluding hydrogens is 396 g/mol. The fourth-order valence-electron chi connectivity index (χ4n) is 3.78. The van der Waals surface area contributed by atoms with Gasteiger partial charge in [-0.3, -0.25) is 19.2 Å². The van der Waals surface area contributed by atoms with E-state index in [0.29, 0.717) is 30.8 Å². The van der Waals surface area contributed by atoms with Crippen LogP contribution in [0.3, 0.4) is 0 Å². The zero-order chi connectivity index (χ0) is 21.1. The Bertz CT molecular complexity index is 800. The molecule has 1 fully saturated rings. The van der Waals surface area contributed by atoms with Crippen LogP contribution >= 0.6 is 11.3 Å². The van der Waals surface area contributed by atoms with E-state index in [1.807, 2.05) is 0 Å². The molecule has 1 aliphatic heterocycles. The summed E-state index contributed by atoms with van der Waals surface area (Å²) in [5.41, 5.74) is 5.98. The van der Waals surface area contributed by atoms with Crippen molar-refractivity contribution in [3.05, 3.63) is 15.6 Å². The Morgan fingerprint density at radius 3 is 2.59 bits per heavy atom. The highest BCUT2D eigenvalue weighted by molar-refractivity contribution is 7.13. The van der Waals surface area contributed by atoms with E-state index in [1.54, 1.807) is 14.1 Å². The van der Waals surface area contributed by atoms with Crippen molar-refractivity contribution in [1.82, 2.24) is 25.8 Å². The van der Waals surface area contributed by atoms with Crippen LogP contribution in [0, 0.1) is 5.92 Å². The van der Waals surface area contributed by atoms with Gasteiger partial charge in [0.05, 0.1) is 11.7 Å².